The summed E-state index contributed by atoms with van der Waals surface area (Å²) in [5, 5.41) is 8.77. The van der Waals surface area contributed by atoms with Crippen molar-refractivity contribution in [3.8, 4) is 0 Å². The Bertz CT molecular complexity index is 621. The molecule has 1 aromatic carbocycles. The van der Waals surface area contributed by atoms with Gasteiger partial charge in [-0.2, -0.15) is 0 Å². The van der Waals surface area contributed by atoms with Crippen molar-refractivity contribution >= 4 is 39.3 Å². The lowest BCUT2D eigenvalue weighted by Crippen LogP contribution is -2.30. The first kappa shape index (κ1) is 13.5. The molecule has 2 rings (SSSR count). The van der Waals surface area contributed by atoms with E-state index in [2.05, 4.69) is 15.9 Å². The van der Waals surface area contributed by atoms with Gasteiger partial charge in [-0.1, -0.05) is 12.1 Å². The Morgan fingerprint density at radius 2 is 2.11 bits per heavy atom. The van der Waals surface area contributed by atoms with Crippen molar-refractivity contribution in [2.45, 2.75) is 6.92 Å². The molecule has 1 amide bonds. The molecule has 0 radical (unpaired) electrons. The third kappa shape index (κ3) is 2.31. The molecule has 0 fully saturated rings. The molecule has 5 nitrogen and oxygen atoms in total. The van der Waals surface area contributed by atoms with Crippen molar-refractivity contribution in [3.63, 3.8) is 0 Å². The normalized spacial score (nSPS) is 14.8. The van der Waals surface area contributed by atoms with Crippen LogP contribution in [0.1, 0.15) is 17.3 Å². The number of carboxylic acid groups (broad SMARTS) is 1. The molecule has 6 heteroatoms. The van der Waals surface area contributed by atoms with E-state index in [1.54, 1.807) is 18.2 Å². The van der Waals surface area contributed by atoms with Crippen molar-refractivity contribution in [2.75, 3.05) is 11.4 Å². The number of amides is 1. The number of ketones is 1. The van der Waals surface area contributed by atoms with Gasteiger partial charge in [-0.25, -0.2) is 4.79 Å². The van der Waals surface area contributed by atoms with Crippen LogP contribution in [0.25, 0.3) is 0 Å². The molecule has 1 N–H and O–H groups in total. The second kappa shape index (κ2) is 4.97. The summed E-state index contributed by atoms with van der Waals surface area (Å²) < 4.78 is 0.560. The van der Waals surface area contributed by atoms with Crippen molar-refractivity contribution in [3.05, 3.63) is 39.9 Å². The highest BCUT2D eigenvalue weighted by Crippen LogP contribution is 2.34. The first-order chi connectivity index (χ1) is 8.93. The fraction of sp³-hybridized carbons (Fsp3) is 0.154. The number of fused-ring (bicyclic) bond motifs is 1. The van der Waals surface area contributed by atoms with Gasteiger partial charge in [0.05, 0.1) is 11.3 Å². The quantitative estimate of drug-likeness (QED) is 0.682. The lowest BCUT2D eigenvalue weighted by molar-refractivity contribution is -0.132. The van der Waals surface area contributed by atoms with Crippen molar-refractivity contribution in [1.82, 2.24) is 0 Å². The summed E-state index contributed by atoms with van der Waals surface area (Å²) >= 11 is 3.24. The molecule has 0 saturated heterocycles. The van der Waals surface area contributed by atoms with Crippen molar-refractivity contribution < 1.29 is 19.5 Å². The standard InChI is InChI=1S/C13H10BrNO4/c1-7(13(18)19)5-6-15-9-4-2-3-8(14)10(9)11(16)12(15)17/h2-5H,6H2,1H3,(H,18,19). The third-order valence-corrected chi connectivity index (χ3v) is 3.53. The Hall–Kier alpha value is -1.95. The van der Waals surface area contributed by atoms with Crippen LogP contribution in [0, 0.1) is 0 Å². The molecule has 1 heterocycles. The minimum Gasteiger partial charge on any atom is -0.478 e. The SMILES string of the molecule is CC(=CCN1C(=O)C(=O)c2c(Br)cccc21)C(=O)O. The lowest BCUT2D eigenvalue weighted by Gasteiger charge is -2.14. The van der Waals surface area contributed by atoms with Crippen LogP contribution in [0.5, 0.6) is 0 Å². The molecule has 1 aromatic rings. The minimum absolute atomic E-state index is 0.0617. The Morgan fingerprint density at radius 3 is 2.74 bits per heavy atom. The van der Waals surface area contributed by atoms with Crippen LogP contribution in [0.4, 0.5) is 5.69 Å². The summed E-state index contributed by atoms with van der Waals surface area (Å²) in [6.45, 7) is 1.50. The minimum atomic E-state index is -1.05. The van der Waals surface area contributed by atoms with Gasteiger partial charge in [0, 0.05) is 16.6 Å². The largest absolute Gasteiger partial charge is 0.478 e. The summed E-state index contributed by atoms with van der Waals surface area (Å²) in [6.07, 6.45) is 1.41. The average molecular weight is 324 g/mol. The second-order valence-corrected chi connectivity index (χ2v) is 4.93. The Balaban J connectivity index is 2.37. The highest BCUT2D eigenvalue weighted by atomic mass is 79.9. The van der Waals surface area contributed by atoms with Gasteiger partial charge >= 0.3 is 5.97 Å². The number of anilines is 1. The molecule has 0 aromatic heterocycles. The van der Waals surface area contributed by atoms with E-state index in [0.29, 0.717) is 15.7 Å². The fourth-order valence-electron chi connectivity index (χ4n) is 1.80. The second-order valence-electron chi connectivity index (χ2n) is 4.07. The van der Waals surface area contributed by atoms with Crippen LogP contribution in [0.15, 0.2) is 34.3 Å². The van der Waals surface area contributed by atoms with Crippen LogP contribution in [-0.4, -0.2) is 29.3 Å². The van der Waals surface area contributed by atoms with E-state index in [0.717, 1.165) is 0 Å². The summed E-state index contributed by atoms with van der Waals surface area (Å²) in [5.74, 6) is -2.27. The lowest BCUT2D eigenvalue weighted by atomic mass is 10.1. The van der Waals surface area contributed by atoms with Gasteiger partial charge in [-0.3, -0.25) is 9.59 Å². The van der Waals surface area contributed by atoms with Crippen molar-refractivity contribution in [1.29, 1.82) is 0 Å². The molecule has 0 spiro atoms. The Morgan fingerprint density at radius 1 is 1.42 bits per heavy atom. The van der Waals surface area contributed by atoms with E-state index < -0.39 is 17.7 Å². The number of aliphatic carboxylic acids is 1. The van der Waals surface area contributed by atoms with Gasteiger partial charge in [-0.05, 0) is 35.0 Å². The van der Waals surface area contributed by atoms with Crippen LogP contribution >= 0.6 is 15.9 Å². The molecule has 0 bridgehead atoms. The highest BCUT2D eigenvalue weighted by molar-refractivity contribution is 9.10. The van der Waals surface area contributed by atoms with Crippen LogP contribution in [-0.2, 0) is 9.59 Å². The Kier molecular flexibility index (Phi) is 3.53. The number of benzene rings is 1. The summed E-state index contributed by atoms with van der Waals surface area (Å²) in [7, 11) is 0. The van der Waals surface area contributed by atoms with Crippen molar-refractivity contribution in [2.24, 2.45) is 0 Å². The van der Waals surface area contributed by atoms with E-state index in [1.807, 2.05) is 0 Å². The fourth-order valence-corrected chi connectivity index (χ4v) is 2.33. The van der Waals surface area contributed by atoms with E-state index >= 15 is 0 Å². The molecule has 1 aliphatic heterocycles. The van der Waals surface area contributed by atoms with Gasteiger partial charge in [0.2, 0.25) is 0 Å². The number of carboxylic acids is 1. The van der Waals surface area contributed by atoms with E-state index in [1.165, 1.54) is 17.9 Å². The molecule has 19 heavy (non-hydrogen) atoms. The third-order valence-electron chi connectivity index (χ3n) is 2.87. The van der Waals surface area contributed by atoms with Crippen LogP contribution < -0.4 is 4.90 Å². The maximum atomic E-state index is 11.9. The zero-order chi connectivity index (χ0) is 14.2. The van der Waals surface area contributed by atoms with E-state index in [9.17, 15) is 14.4 Å². The van der Waals surface area contributed by atoms with Gasteiger partial charge in [0.15, 0.2) is 0 Å². The summed E-state index contributed by atoms with van der Waals surface area (Å²) in [6, 6.07) is 5.06. The number of rotatable bonds is 3. The first-order valence-corrected chi connectivity index (χ1v) is 6.27. The predicted octanol–water partition coefficient (Wildman–Crippen LogP) is 2.01. The van der Waals surface area contributed by atoms with Crippen LogP contribution in [0.3, 0.4) is 0 Å². The first-order valence-electron chi connectivity index (χ1n) is 5.48. The number of nitrogens with zero attached hydrogens (tertiary/aromatic N) is 1. The number of carbonyl (C=O) groups is 3. The zero-order valence-electron chi connectivity index (χ0n) is 10.0. The van der Waals surface area contributed by atoms with Gasteiger partial charge in [0.1, 0.15) is 0 Å². The summed E-state index contributed by atoms with van der Waals surface area (Å²) in [5.41, 5.74) is 0.955. The van der Waals surface area contributed by atoms with Gasteiger partial charge in [0.25, 0.3) is 11.7 Å². The zero-order valence-corrected chi connectivity index (χ0v) is 11.6. The molecule has 0 saturated carbocycles. The molecular weight excluding hydrogens is 314 g/mol. The number of Topliss-reactive ketones (excluding diaryl/α,β-unsaturated/α-hetero) is 1. The molecule has 98 valence electrons. The smallest absolute Gasteiger partial charge is 0.331 e. The predicted molar refractivity (Wildman–Crippen MR) is 72.2 cm³/mol. The number of halogens is 1. The van der Waals surface area contributed by atoms with E-state index in [4.69, 9.17) is 5.11 Å². The number of hydrogen-bond donors (Lipinski definition) is 1. The average Bonchev–Trinajstić information content (AvgIpc) is 2.60. The van der Waals surface area contributed by atoms with Gasteiger partial charge in [-0.15, -0.1) is 0 Å². The Labute approximate surface area is 117 Å². The molecule has 0 aliphatic carbocycles. The molecule has 0 atom stereocenters. The number of hydrogen-bond acceptors (Lipinski definition) is 3. The molecule has 1 aliphatic rings. The molecule has 0 unspecified atom stereocenters. The van der Waals surface area contributed by atoms with Gasteiger partial charge < -0.3 is 10.0 Å². The maximum absolute atomic E-state index is 11.9. The monoisotopic (exact) mass is 323 g/mol. The topological polar surface area (TPSA) is 74.7 Å². The highest BCUT2D eigenvalue weighted by Gasteiger charge is 2.36. The maximum Gasteiger partial charge on any atom is 0.331 e. The van der Waals surface area contributed by atoms with E-state index in [-0.39, 0.29) is 12.1 Å². The van der Waals surface area contributed by atoms with Crippen LogP contribution in [0.2, 0.25) is 0 Å². The number of carbonyl (C=O) groups excluding carboxylic acids is 2. The molecular formula is C13H10BrNO4. The summed E-state index contributed by atoms with van der Waals surface area (Å²) in [4.78, 5) is 35.7.